The van der Waals surface area contributed by atoms with Crippen LogP contribution in [-0.4, -0.2) is 38.0 Å². The Morgan fingerprint density at radius 1 is 1.22 bits per heavy atom. The summed E-state index contributed by atoms with van der Waals surface area (Å²) in [5.41, 5.74) is 1.19. The van der Waals surface area contributed by atoms with E-state index in [4.69, 9.17) is 0 Å². The summed E-state index contributed by atoms with van der Waals surface area (Å²) >= 11 is 0. The number of aromatic nitrogens is 3. The van der Waals surface area contributed by atoms with Crippen LogP contribution in [0.15, 0.2) is 36.8 Å². The van der Waals surface area contributed by atoms with E-state index in [1.807, 2.05) is 37.5 Å². The molecule has 0 bridgehead atoms. The van der Waals surface area contributed by atoms with E-state index in [1.165, 1.54) is 0 Å². The van der Waals surface area contributed by atoms with Crippen LogP contribution < -0.4 is 0 Å². The van der Waals surface area contributed by atoms with Gasteiger partial charge in [-0.05, 0) is 37.8 Å². The molecule has 1 aliphatic heterocycles. The van der Waals surface area contributed by atoms with Gasteiger partial charge in [0.05, 0.1) is 5.69 Å². The zero-order valence-corrected chi connectivity index (χ0v) is 13.4. The van der Waals surface area contributed by atoms with E-state index < -0.39 is 5.60 Å². The van der Waals surface area contributed by atoms with Gasteiger partial charge in [0.25, 0.3) is 0 Å². The van der Waals surface area contributed by atoms with Gasteiger partial charge < -0.3 is 5.11 Å². The summed E-state index contributed by atoms with van der Waals surface area (Å²) in [5.74, 6) is 1.62. The molecule has 0 amide bonds. The van der Waals surface area contributed by atoms with Crippen LogP contribution in [0, 0.1) is 18.8 Å². The highest BCUT2D eigenvalue weighted by Gasteiger charge is 2.52. The number of hydrogen-bond acceptors (Lipinski definition) is 5. The van der Waals surface area contributed by atoms with E-state index in [9.17, 15) is 5.11 Å². The van der Waals surface area contributed by atoms with Crippen LogP contribution in [0.5, 0.6) is 0 Å². The van der Waals surface area contributed by atoms with Crippen LogP contribution in [0.3, 0.4) is 0 Å². The molecular weight excluding hydrogens is 288 g/mol. The summed E-state index contributed by atoms with van der Waals surface area (Å²) < 4.78 is 0. The van der Waals surface area contributed by atoms with Crippen molar-refractivity contribution in [3.8, 4) is 0 Å². The van der Waals surface area contributed by atoms with Gasteiger partial charge in [-0.15, -0.1) is 0 Å². The number of hydrogen-bond donors (Lipinski definition) is 1. The molecule has 3 heterocycles. The van der Waals surface area contributed by atoms with Crippen molar-refractivity contribution in [3.05, 3.63) is 53.9 Å². The number of nitrogens with zero attached hydrogens (tertiary/aromatic N) is 4. The Bertz CT molecular complexity index is 675. The third kappa shape index (κ3) is 2.64. The lowest BCUT2D eigenvalue weighted by Gasteiger charge is -2.29. The number of rotatable bonds is 3. The summed E-state index contributed by atoms with van der Waals surface area (Å²) in [6.07, 6.45) is 7.47. The lowest BCUT2D eigenvalue weighted by Crippen LogP contribution is -2.35. The Labute approximate surface area is 136 Å². The average molecular weight is 310 g/mol. The second-order valence-corrected chi connectivity index (χ2v) is 6.88. The lowest BCUT2D eigenvalue weighted by molar-refractivity contribution is -0.0108. The largest absolute Gasteiger partial charge is 0.383 e. The van der Waals surface area contributed by atoms with E-state index in [0.29, 0.717) is 5.92 Å². The molecule has 5 heteroatoms. The number of aliphatic hydroxyl groups is 1. The van der Waals surface area contributed by atoms with Gasteiger partial charge in [0.15, 0.2) is 0 Å². The molecule has 2 aromatic heterocycles. The molecule has 0 unspecified atom stereocenters. The maximum Gasteiger partial charge on any atom is 0.125 e. The normalized spacial score (nSPS) is 30.5. The molecule has 4 rings (SSSR count). The van der Waals surface area contributed by atoms with Crippen LogP contribution in [0.25, 0.3) is 0 Å². The van der Waals surface area contributed by atoms with E-state index in [-0.39, 0.29) is 5.92 Å². The van der Waals surface area contributed by atoms with Crippen LogP contribution in [0.1, 0.15) is 29.9 Å². The summed E-state index contributed by atoms with van der Waals surface area (Å²) in [4.78, 5) is 15.4. The maximum atomic E-state index is 11.2. The minimum absolute atomic E-state index is 0.267. The van der Waals surface area contributed by atoms with E-state index in [1.54, 1.807) is 6.20 Å². The SMILES string of the molecule is Cc1ncc(CN2C[C@@H]3CC[C@@](O)(c4ccccn4)[C@@H]3C2)cn1. The van der Waals surface area contributed by atoms with Crippen LogP contribution in [0.4, 0.5) is 0 Å². The first kappa shape index (κ1) is 14.7. The summed E-state index contributed by atoms with van der Waals surface area (Å²) in [5, 5.41) is 11.2. The molecule has 1 saturated heterocycles. The number of pyridine rings is 1. The lowest BCUT2D eigenvalue weighted by atomic mass is 9.85. The highest BCUT2D eigenvalue weighted by molar-refractivity contribution is 5.19. The Kier molecular flexibility index (Phi) is 3.62. The Balaban J connectivity index is 1.50. The molecule has 23 heavy (non-hydrogen) atoms. The van der Waals surface area contributed by atoms with E-state index >= 15 is 0 Å². The molecule has 120 valence electrons. The molecule has 0 spiro atoms. The maximum absolute atomic E-state index is 11.2. The van der Waals surface area contributed by atoms with Gasteiger partial charge in [0, 0.05) is 49.7 Å². The fraction of sp³-hybridized carbons (Fsp3) is 0.500. The average Bonchev–Trinajstić information content (AvgIpc) is 3.11. The molecular formula is C18H22N4O. The van der Waals surface area contributed by atoms with Crippen molar-refractivity contribution in [2.75, 3.05) is 13.1 Å². The van der Waals surface area contributed by atoms with Gasteiger partial charge in [-0.3, -0.25) is 9.88 Å². The van der Waals surface area contributed by atoms with Gasteiger partial charge in [0.1, 0.15) is 11.4 Å². The van der Waals surface area contributed by atoms with Gasteiger partial charge >= 0.3 is 0 Å². The molecule has 2 aromatic rings. The number of fused-ring (bicyclic) bond motifs is 1. The third-order valence-electron chi connectivity index (χ3n) is 5.38. The van der Waals surface area contributed by atoms with Crippen molar-refractivity contribution in [3.63, 3.8) is 0 Å². The predicted octanol–water partition coefficient (Wildman–Crippen LogP) is 1.91. The molecule has 0 radical (unpaired) electrons. The van der Waals surface area contributed by atoms with Crippen molar-refractivity contribution in [2.24, 2.45) is 11.8 Å². The quantitative estimate of drug-likeness (QED) is 0.938. The fourth-order valence-electron chi connectivity index (χ4n) is 4.21. The van der Waals surface area contributed by atoms with Crippen molar-refractivity contribution >= 4 is 0 Å². The topological polar surface area (TPSA) is 62.1 Å². The van der Waals surface area contributed by atoms with Gasteiger partial charge in [0.2, 0.25) is 0 Å². The van der Waals surface area contributed by atoms with Crippen LogP contribution in [0.2, 0.25) is 0 Å². The second kappa shape index (κ2) is 5.65. The summed E-state index contributed by atoms with van der Waals surface area (Å²) in [7, 11) is 0. The first-order valence-corrected chi connectivity index (χ1v) is 8.29. The Morgan fingerprint density at radius 3 is 2.78 bits per heavy atom. The monoisotopic (exact) mass is 310 g/mol. The molecule has 1 saturated carbocycles. The molecule has 3 atom stereocenters. The molecule has 2 aliphatic rings. The molecule has 5 nitrogen and oxygen atoms in total. The first-order chi connectivity index (χ1) is 11.1. The fourth-order valence-corrected chi connectivity index (χ4v) is 4.21. The zero-order chi connectivity index (χ0) is 15.9. The first-order valence-electron chi connectivity index (χ1n) is 8.29. The smallest absolute Gasteiger partial charge is 0.125 e. The number of aryl methyl sites for hydroxylation is 1. The minimum Gasteiger partial charge on any atom is -0.383 e. The third-order valence-corrected chi connectivity index (χ3v) is 5.38. The van der Waals surface area contributed by atoms with Crippen molar-refractivity contribution in [1.29, 1.82) is 0 Å². The highest BCUT2D eigenvalue weighted by Crippen LogP contribution is 2.50. The van der Waals surface area contributed by atoms with Gasteiger partial charge in [-0.1, -0.05) is 6.07 Å². The standard InChI is InChI=1S/C18H22N4O/c1-13-20-8-14(9-21-13)10-22-11-15-5-6-18(23,16(15)12-22)17-4-2-3-7-19-17/h2-4,7-9,15-16,23H,5-6,10-12H2,1H3/t15-,16+,18-/m0/s1. The Morgan fingerprint density at radius 2 is 2.04 bits per heavy atom. The minimum atomic E-state index is -0.773. The van der Waals surface area contributed by atoms with Gasteiger partial charge in [-0.25, -0.2) is 9.97 Å². The number of likely N-dealkylation sites (tertiary alicyclic amines) is 1. The summed E-state index contributed by atoms with van der Waals surface area (Å²) in [6, 6.07) is 5.82. The molecule has 2 fully saturated rings. The highest BCUT2D eigenvalue weighted by atomic mass is 16.3. The molecule has 1 aliphatic carbocycles. The van der Waals surface area contributed by atoms with E-state index in [0.717, 1.165) is 49.6 Å². The van der Waals surface area contributed by atoms with Crippen molar-refractivity contribution < 1.29 is 5.11 Å². The Hall–Kier alpha value is -1.85. The van der Waals surface area contributed by atoms with Crippen molar-refractivity contribution in [2.45, 2.75) is 31.9 Å². The zero-order valence-electron chi connectivity index (χ0n) is 13.4. The van der Waals surface area contributed by atoms with Crippen LogP contribution in [-0.2, 0) is 12.1 Å². The van der Waals surface area contributed by atoms with Gasteiger partial charge in [-0.2, -0.15) is 0 Å². The van der Waals surface area contributed by atoms with Crippen LogP contribution >= 0.6 is 0 Å². The molecule has 0 aromatic carbocycles. The van der Waals surface area contributed by atoms with Crippen molar-refractivity contribution in [1.82, 2.24) is 19.9 Å². The summed E-state index contributed by atoms with van der Waals surface area (Å²) in [6.45, 7) is 4.70. The second-order valence-electron chi connectivity index (χ2n) is 6.88. The predicted molar refractivity (Wildman–Crippen MR) is 86.4 cm³/mol. The molecule has 1 N–H and O–H groups in total. The van der Waals surface area contributed by atoms with E-state index in [2.05, 4.69) is 19.9 Å².